The van der Waals surface area contributed by atoms with E-state index in [0.29, 0.717) is 11.1 Å². The van der Waals surface area contributed by atoms with Crippen LogP contribution >= 0.6 is 0 Å². The van der Waals surface area contributed by atoms with Crippen molar-refractivity contribution in [2.75, 3.05) is 10.6 Å². The smallest absolute Gasteiger partial charge is 0.255 e. The minimum absolute atomic E-state index is 0.0561. The summed E-state index contributed by atoms with van der Waals surface area (Å²) in [5, 5.41) is 5.56. The first-order valence-corrected chi connectivity index (χ1v) is 11.0. The van der Waals surface area contributed by atoms with E-state index in [1.807, 2.05) is 19.1 Å². The molecule has 0 saturated carbocycles. The molecule has 0 unspecified atom stereocenters. The van der Waals surface area contributed by atoms with Crippen molar-refractivity contribution < 1.29 is 19.2 Å². The maximum absolute atomic E-state index is 13.6. The van der Waals surface area contributed by atoms with Crippen LogP contribution in [0.25, 0.3) is 0 Å². The second-order valence-electron chi connectivity index (χ2n) is 8.20. The van der Waals surface area contributed by atoms with Crippen molar-refractivity contribution in [3.8, 4) is 0 Å². The third-order valence-corrected chi connectivity index (χ3v) is 6.00. The van der Waals surface area contributed by atoms with Gasteiger partial charge in [-0.25, -0.2) is 0 Å². The number of ketones is 2. The van der Waals surface area contributed by atoms with Crippen molar-refractivity contribution in [1.29, 1.82) is 0 Å². The molecule has 35 heavy (non-hydrogen) atoms. The lowest BCUT2D eigenvalue weighted by molar-refractivity contribution is 0.0977. The first kappa shape index (κ1) is 22.0. The average Bonchev–Trinajstić information content (AvgIpc) is 2.88. The van der Waals surface area contributed by atoms with E-state index >= 15 is 0 Å². The van der Waals surface area contributed by atoms with Gasteiger partial charge in [-0.2, -0.15) is 0 Å². The van der Waals surface area contributed by atoms with E-state index in [4.69, 9.17) is 0 Å². The number of hydrogen-bond donors (Lipinski definition) is 2. The summed E-state index contributed by atoms with van der Waals surface area (Å²) in [6, 6.07) is 25.3. The fourth-order valence-electron chi connectivity index (χ4n) is 4.23. The molecule has 2 amide bonds. The number of hydrogen-bond acceptors (Lipinski definition) is 4. The number of benzene rings is 4. The molecule has 4 aromatic rings. The summed E-state index contributed by atoms with van der Waals surface area (Å²) < 4.78 is 0. The molecule has 0 atom stereocenters. The molecular formula is C29H20N2O4. The van der Waals surface area contributed by atoms with Crippen LogP contribution in [0.4, 0.5) is 11.4 Å². The Morgan fingerprint density at radius 1 is 0.571 bits per heavy atom. The Morgan fingerprint density at radius 3 is 1.63 bits per heavy atom. The summed E-state index contributed by atoms with van der Waals surface area (Å²) in [6.07, 6.45) is 0. The molecule has 4 aromatic carbocycles. The third kappa shape index (κ3) is 3.91. The molecule has 0 radical (unpaired) electrons. The summed E-state index contributed by atoms with van der Waals surface area (Å²) in [5.41, 5.74) is 2.67. The Balaban J connectivity index is 1.62. The number of rotatable bonds is 4. The molecule has 6 heteroatoms. The van der Waals surface area contributed by atoms with Gasteiger partial charge in [0, 0.05) is 22.3 Å². The summed E-state index contributed by atoms with van der Waals surface area (Å²) in [4.78, 5) is 53.0. The summed E-state index contributed by atoms with van der Waals surface area (Å²) in [7, 11) is 0. The molecule has 1 aliphatic rings. The van der Waals surface area contributed by atoms with Crippen LogP contribution in [0.5, 0.6) is 0 Å². The van der Waals surface area contributed by atoms with E-state index in [-0.39, 0.29) is 33.6 Å². The number of carbonyl (C=O) groups excluding carboxylic acids is 4. The van der Waals surface area contributed by atoms with Crippen molar-refractivity contribution in [2.24, 2.45) is 0 Å². The molecule has 0 aliphatic heterocycles. The maximum Gasteiger partial charge on any atom is 0.255 e. The minimum Gasteiger partial charge on any atom is -0.321 e. The van der Waals surface area contributed by atoms with Crippen molar-refractivity contribution in [3.05, 3.63) is 130 Å². The Labute approximate surface area is 201 Å². The number of aryl methyl sites for hydroxylation is 1. The minimum atomic E-state index is -0.413. The van der Waals surface area contributed by atoms with Crippen molar-refractivity contribution in [3.63, 3.8) is 0 Å². The Hall–Kier alpha value is -4.84. The Morgan fingerprint density at radius 2 is 1.06 bits per heavy atom. The number of anilines is 2. The van der Waals surface area contributed by atoms with Crippen LogP contribution < -0.4 is 10.6 Å². The first-order chi connectivity index (χ1) is 17.0. The zero-order chi connectivity index (χ0) is 24.5. The number of carbonyl (C=O) groups is 4. The lowest BCUT2D eigenvalue weighted by atomic mass is 9.82. The molecule has 2 N–H and O–H groups in total. The predicted molar refractivity (Wildman–Crippen MR) is 133 cm³/mol. The SMILES string of the molecule is Cc1ccccc1C(=O)Nc1ccc(NC(=O)c2ccccc2)c2c1C(=O)c1ccccc1C2=O. The fraction of sp³-hybridized carbons (Fsp3) is 0.0345. The monoisotopic (exact) mass is 460 g/mol. The van der Waals surface area contributed by atoms with Crippen molar-refractivity contribution in [2.45, 2.75) is 6.92 Å². The lowest BCUT2D eigenvalue weighted by Gasteiger charge is -2.23. The van der Waals surface area contributed by atoms with E-state index in [1.54, 1.807) is 66.7 Å². The zero-order valence-electron chi connectivity index (χ0n) is 18.8. The fourth-order valence-corrected chi connectivity index (χ4v) is 4.23. The van der Waals surface area contributed by atoms with Crippen LogP contribution in [0.1, 0.15) is 58.1 Å². The molecule has 0 fully saturated rings. The molecule has 6 nitrogen and oxygen atoms in total. The van der Waals surface area contributed by atoms with Gasteiger partial charge in [-0.15, -0.1) is 0 Å². The van der Waals surface area contributed by atoms with Gasteiger partial charge in [0.25, 0.3) is 11.8 Å². The molecule has 0 bridgehead atoms. The molecule has 1 aliphatic carbocycles. The van der Waals surface area contributed by atoms with Gasteiger partial charge < -0.3 is 10.6 Å². The van der Waals surface area contributed by atoms with Gasteiger partial charge in [0.05, 0.1) is 22.5 Å². The largest absolute Gasteiger partial charge is 0.321 e. The second kappa shape index (κ2) is 8.83. The van der Waals surface area contributed by atoms with Gasteiger partial charge in [0.1, 0.15) is 0 Å². The molecule has 0 aromatic heterocycles. The first-order valence-electron chi connectivity index (χ1n) is 11.0. The van der Waals surface area contributed by atoms with E-state index in [1.165, 1.54) is 12.1 Å². The van der Waals surface area contributed by atoms with Crippen LogP contribution in [-0.2, 0) is 0 Å². The van der Waals surface area contributed by atoms with Gasteiger partial charge in [-0.3, -0.25) is 19.2 Å². The topological polar surface area (TPSA) is 92.3 Å². The van der Waals surface area contributed by atoms with Gasteiger partial charge in [-0.05, 0) is 42.8 Å². The maximum atomic E-state index is 13.6. The third-order valence-electron chi connectivity index (χ3n) is 6.00. The van der Waals surface area contributed by atoms with Gasteiger partial charge in [0.15, 0.2) is 11.6 Å². The second-order valence-corrected chi connectivity index (χ2v) is 8.20. The molecular weight excluding hydrogens is 440 g/mol. The molecule has 0 heterocycles. The highest BCUT2D eigenvalue weighted by Crippen LogP contribution is 2.37. The summed E-state index contributed by atoms with van der Waals surface area (Å²) in [5.74, 6) is -1.61. The van der Waals surface area contributed by atoms with Crippen molar-refractivity contribution in [1.82, 2.24) is 0 Å². The number of amides is 2. The summed E-state index contributed by atoms with van der Waals surface area (Å²) >= 11 is 0. The van der Waals surface area contributed by atoms with Crippen LogP contribution in [0.2, 0.25) is 0 Å². The van der Waals surface area contributed by atoms with Crippen LogP contribution in [0.3, 0.4) is 0 Å². The molecule has 0 saturated heterocycles. The highest BCUT2D eigenvalue weighted by Gasteiger charge is 2.34. The van der Waals surface area contributed by atoms with Crippen LogP contribution in [0.15, 0.2) is 91.0 Å². The Bertz CT molecular complexity index is 1520. The molecule has 5 rings (SSSR count). The number of nitrogens with one attached hydrogen (secondary N) is 2. The van der Waals surface area contributed by atoms with Gasteiger partial charge in [-0.1, -0.05) is 60.7 Å². The van der Waals surface area contributed by atoms with E-state index in [9.17, 15) is 19.2 Å². The quantitative estimate of drug-likeness (QED) is 0.382. The molecule has 0 spiro atoms. The molecule has 170 valence electrons. The van der Waals surface area contributed by atoms with E-state index in [2.05, 4.69) is 10.6 Å². The van der Waals surface area contributed by atoms with Crippen LogP contribution in [0, 0.1) is 6.92 Å². The average molecular weight is 460 g/mol. The normalized spacial score (nSPS) is 11.9. The predicted octanol–water partition coefficient (Wildman–Crippen LogP) is 5.28. The zero-order valence-corrected chi connectivity index (χ0v) is 18.8. The summed E-state index contributed by atoms with van der Waals surface area (Å²) in [6.45, 7) is 1.82. The number of fused-ring (bicyclic) bond motifs is 2. The highest BCUT2D eigenvalue weighted by atomic mass is 16.2. The van der Waals surface area contributed by atoms with E-state index in [0.717, 1.165) is 5.56 Å². The lowest BCUT2D eigenvalue weighted by Crippen LogP contribution is -2.26. The van der Waals surface area contributed by atoms with Crippen molar-refractivity contribution >= 4 is 34.8 Å². The Kier molecular flexibility index (Phi) is 5.55. The highest BCUT2D eigenvalue weighted by molar-refractivity contribution is 6.33. The van der Waals surface area contributed by atoms with Gasteiger partial charge in [0.2, 0.25) is 0 Å². The van der Waals surface area contributed by atoms with Crippen LogP contribution in [-0.4, -0.2) is 23.4 Å². The van der Waals surface area contributed by atoms with Gasteiger partial charge >= 0.3 is 0 Å². The van der Waals surface area contributed by atoms with E-state index < -0.39 is 23.4 Å². The standard InChI is InChI=1S/C29H20N2O4/c1-17-9-5-6-12-19(17)29(35)31-23-16-15-22(30-28(34)18-10-3-2-4-11-18)24-25(23)27(33)21-14-8-7-13-20(21)26(24)32/h2-16H,1H3,(H,30,34)(H,31,35).